The second kappa shape index (κ2) is 18.6. The molecule has 1 aromatic carbocycles. The SMILES string of the molecule is C=C[C@@H]1C[C@@]12NC(=O)[C@@H]1C[C@@H](OC(=O)N3CCc4c(ncnc4OC)C3)CN1C(=O)[C@@H](NC(=O)OC1CCCC1)CCCCCCCNc1ccc(F)cc1S(=O)(=O)NC2=O. The van der Waals surface area contributed by atoms with Gasteiger partial charge in [-0.2, -0.15) is 0 Å². The maximum Gasteiger partial charge on any atom is 0.410 e. The molecule has 5 aliphatic rings. The first kappa shape index (κ1) is 43.6. The number of amides is 5. The predicted molar refractivity (Wildman–Crippen MR) is 216 cm³/mol. The number of halogens is 1. The Morgan fingerprint density at radius 1 is 1.02 bits per heavy atom. The summed E-state index contributed by atoms with van der Waals surface area (Å²) >= 11 is 0. The minimum atomic E-state index is -4.67. The lowest BCUT2D eigenvalue weighted by atomic mass is 10.0. The first-order valence-corrected chi connectivity index (χ1v) is 22.5. The topological polar surface area (TPSA) is 228 Å². The molecule has 4 N–H and O–H groups in total. The smallest absolute Gasteiger partial charge is 0.410 e. The molecule has 1 spiro atoms. The Hall–Kier alpha value is -5.53. The van der Waals surface area contributed by atoms with Gasteiger partial charge in [0, 0.05) is 31.0 Å². The van der Waals surface area contributed by atoms with Crippen molar-refractivity contribution in [2.24, 2.45) is 5.92 Å². The Kier molecular flexibility index (Phi) is 13.3. The van der Waals surface area contributed by atoms with E-state index in [1.807, 2.05) is 4.72 Å². The van der Waals surface area contributed by atoms with E-state index in [2.05, 4.69) is 32.5 Å². The summed E-state index contributed by atoms with van der Waals surface area (Å²) in [4.78, 5) is 80.6. The molecule has 2 aliphatic carbocycles. The summed E-state index contributed by atoms with van der Waals surface area (Å²) in [5.74, 6) is -3.60. The third kappa shape index (κ3) is 9.84. The van der Waals surface area contributed by atoms with Gasteiger partial charge in [0.15, 0.2) is 0 Å². The summed E-state index contributed by atoms with van der Waals surface area (Å²) < 4.78 is 60.9. The molecule has 61 heavy (non-hydrogen) atoms. The lowest BCUT2D eigenvalue weighted by Gasteiger charge is -2.30. The number of hydrogen-bond donors (Lipinski definition) is 4. The number of nitrogens with zero attached hydrogens (tertiary/aromatic N) is 4. The van der Waals surface area contributed by atoms with Gasteiger partial charge < -0.3 is 40.0 Å². The fourth-order valence-electron chi connectivity index (χ4n) is 8.74. The summed E-state index contributed by atoms with van der Waals surface area (Å²) in [5, 5.41) is 8.50. The first-order valence-electron chi connectivity index (χ1n) is 21.0. The van der Waals surface area contributed by atoms with Crippen molar-refractivity contribution in [3.05, 3.63) is 54.3 Å². The van der Waals surface area contributed by atoms with Crippen molar-refractivity contribution in [3.63, 3.8) is 0 Å². The van der Waals surface area contributed by atoms with Crippen LogP contribution in [0.1, 0.15) is 88.3 Å². The van der Waals surface area contributed by atoms with E-state index in [0.717, 1.165) is 56.2 Å². The van der Waals surface area contributed by atoms with Crippen molar-refractivity contribution in [1.82, 2.24) is 35.1 Å². The number of methoxy groups -OCH3 is 1. The molecule has 18 nitrogen and oxygen atoms in total. The zero-order chi connectivity index (χ0) is 43.3. The number of aromatic nitrogens is 2. The van der Waals surface area contributed by atoms with Crippen molar-refractivity contribution >= 4 is 45.6 Å². The van der Waals surface area contributed by atoms with Crippen molar-refractivity contribution in [2.45, 2.75) is 125 Å². The fraction of sp³-hybridized carbons (Fsp3) is 0.585. The van der Waals surface area contributed by atoms with Crippen LogP contribution in [0.25, 0.3) is 0 Å². The average Bonchev–Trinajstić information content (AvgIpc) is 3.49. The number of carbonyl (C=O) groups is 5. The van der Waals surface area contributed by atoms with Crippen LogP contribution in [-0.2, 0) is 46.8 Å². The molecule has 0 bridgehead atoms. The minimum absolute atomic E-state index is 0.0150. The summed E-state index contributed by atoms with van der Waals surface area (Å²) in [6.45, 7) is 4.27. The molecular formula is C41H53FN8O10S. The fourth-order valence-corrected chi connectivity index (χ4v) is 9.97. The first-order chi connectivity index (χ1) is 29.3. The van der Waals surface area contributed by atoms with E-state index in [-0.39, 0.29) is 50.7 Å². The maximum absolute atomic E-state index is 14.6. The highest BCUT2D eigenvalue weighted by Gasteiger charge is 2.61. The molecule has 2 aromatic rings. The molecular weight excluding hydrogens is 816 g/mol. The number of carbonyl (C=O) groups excluding carboxylic acids is 5. The summed E-state index contributed by atoms with van der Waals surface area (Å²) in [6.07, 6.45) is 7.13. The number of fused-ring (bicyclic) bond motifs is 3. The van der Waals surface area contributed by atoms with Crippen molar-refractivity contribution in [3.8, 4) is 5.88 Å². The minimum Gasteiger partial charge on any atom is -0.481 e. The van der Waals surface area contributed by atoms with Gasteiger partial charge >= 0.3 is 12.2 Å². The highest BCUT2D eigenvalue weighted by Crippen LogP contribution is 2.45. The van der Waals surface area contributed by atoms with Gasteiger partial charge in [0.25, 0.3) is 15.9 Å². The molecule has 5 atom stereocenters. The van der Waals surface area contributed by atoms with E-state index in [0.29, 0.717) is 43.8 Å². The molecule has 2 saturated carbocycles. The number of nitrogens with one attached hydrogen (secondary N) is 4. The second-order valence-corrected chi connectivity index (χ2v) is 18.0. The standard InChI is InChI=1S/C41H53FN8O10S/c1-3-25-21-41(25)38(53)48-61(56,57)34-19-26(42)14-15-30(34)43-17-10-6-4-5-7-13-31(46-39(54)59-27-11-8-9-12-27)37(52)50-22-28(20-33(50)35(51)47-41)60-40(55)49-18-16-29-32(23-49)44-24-45-36(29)58-2/h3,14-15,19,24-25,27-28,31,33,43H,1,4-13,16-18,20-23H2,2H3,(H,46,54)(H,47,51)(H,48,53)/t25-,28-,31+,33+,41-/m1/s1. The predicted octanol–water partition coefficient (Wildman–Crippen LogP) is 3.46. The van der Waals surface area contributed by atoms with Crippen LogP contribution in [0.3, 0.4) is 0 Å². The third-order valence-electron chi connectivity index (χ3n) is 12.2. The second-order valence-electron chi connectivity index (χ2n) is 16.3. The van der Waals surface area contributed by atoms with Crippen molar-refractivity contribution in [1.29, 1.82) is 0 Å². The largest absolute Gasteiger partial charge is 0.481 e. The van der Waals surface area contributed by atoms with Gasteiger partial charge in [-0.1, -0.05) is 31.8 Å². The molecule has 5 amide bonds. The zero-order valence-corrected chi connectivity index (χ0v) is 35.0. The quantitative estimate of drug-likeness (QED) is 0.316. The monoisotopic (exact) mass is 868 g/mol. The van der Waals surface area contributed by atoms with Gasteiger partial charge in [-0.15, -0.1) is 6.58 Å². The lowest BCUT2D eigenvalue weighted by molar-refractivity contribution is -0.141. The van der Waals surface area contributed by atoms with Crippen molar-refractivity contribution in [2.75, 3.05) is 32.1 Å². The van der Waals surface area contributed by atoms with Crippen molar-refractivity contribution < 1.29 is 51.0 Å². The molecule has 330 valence electrons. The molecule has 7 rings (SSSR count). The van der Waals surface area contributed by atoms with E-state index in [9.17, 15) is 36.8 Å². The Morgan fingerprint density at radius 2 is 1.77 bits per heavy atom. The average molecular weight is 869 g/mol. The highest BCUT2D eigenvalue weighted by atomic mass is 32.2. The molecule has 3 aliphatic heterocycles. The number of rotatable bonds is 5. The van der Waals surface area contributed by atoms with Crippen LogP contribution in [0.4, 0.5) is 19.7 Å². The van der Waals surface area contributed by atoms with Gasteiger partial charge in [0.05, 0.1) is 31.6 Å². The number of anilines is 1. The van der Waals surface area contributed by atoms with Gasteiger partial charge in [-0.05, 0) is 69.6 Å². The van der Waals surface area contributed by atoms with Crippen LogP contribution in [-0.4, -0.2) is 115 Å². The molecule has 1 aromatic heterocycles. The molecule has 3 fully saturated rings. The zero-order valence-electron chi connectivity index (χ0n) is 34.2. The van der Waals surface area contributed by atoms with E-state index in [1.54, 1.807) is 0 Å². The number of sulfonamides is 1. The van der Waals surface area contributed by atoms with Gasteiger partial charge in [-0.25, -0.2) is 37.1 Å². The number of hydrogen-bond acceptors (Lipinski definition) is 13. The molecule has 4 heterocycles. The number of ether oxygens (including phenoxy) is 3. The van der Waals surface area contributed by atoms with Crippen LogP contribution in [0.5, 0.6) is 5.88 Å². The molecule has 0 radical (unpaired) electrons. The van der Waals surface area contributed by atoms with E-state index in [4.69, 9.17) is 14.2 Å². The van der Waals surface area contributed by atoms with Crippen LogP contribution >= 0.6 is 0 Å². The van der Waals surface area contributed by atoms with Gasteiger partial charge in [0.1, 0.15) is 46.9 Å². The normalized spacial score (nSPS) is 27.3. The molecule has 0 unspecified atom stereocenters. The van der Waals surface area contributed by atoms with E-state index < -0.39 is 80.3 Å². The van der Waals surface area contributed by atoms with Crippen LogP contribution in [0.2, 0.25) is 0 Å². The van der Waals surface area contributed by atoms with Crippen LogP contribution < -0.4 is 25.4 Å². The Morgan fingerprint density at radius 3 is 2.52 bits per heavy atom. The maximum atomic E-state index is 14.6. The van der Waals surface area contributed by atoms with E-state index in [1.165, 1.54) is 35.4 Å². The molecule has 20 heteroatoms. The Labute approximate surface area is 353 Å². The third-order valence-corrected chi connectivity index (χ3v) is 13.6. The lowest BCUT2D eigenvalue weighted by Crippen LogP contribution is -2.58. The van der Waals surface area contributed by atoms with Crippen LogP contribution in [0.15, 0.2) is 42.1 Å². The summed E-state index contributed by atoms with van der Waals surface area (Å²) in [5.41, 5.74) is -0.319. The molecule has 1 saturated heterocycles. The van der Waals surface area contributed by atoms with Gasteiger partial charge in [-0.3, -0.25) is 14.4 Å². The Balaban J connectivity index is 1.16. The summed E-state index contributed by atoms with van der Waals surface area (Å²) in [7, 11) is -3.17. The number of alkyl carbamates (subject to hydrolysis) is 1. The van der Waals surface area contributed by atoms with E-state index >= 15 is 0 Å². The van der Waals surface area contributed by atoms with Crippen LogP contribution in [0, 0.1) is 11.7 Å². The highest BCUT2D eigenvalue weighted by molar-refractivity contribution is 7.90. The Bertz CT molecular complexity index is 2140. The van der Waals surface area contributed by atoms with Gasteiger partial charge in [0.2, 0.25) is 17.7 Å². The summed E-state index contributed by atoms with van der Waals surface area (Å²) in [6, 6.07) is 0.814. The number of benzene rings is 1.